The maximum absolute atomic E-state index is 12.6. The van der Waals surface area contributed by atoms with Crippen LogP contribution in [0, 0.1) is 20.8 Å². The molecular weight excluding hydrogens is 314 g/mol. The highest BCUT2D eigenvalue weighted by molar-refractivity contribution is 6.06. The van der Waals surface area contributed by atoms with Gasteiger partial charge < -0.3 is 9.88 Å². The van der Waals surface area contributed by atoms with E-state index in [4.69, 9.17) is 0 Å². The summed E-state index contributed by atoms with van der Waals surface area (Å²) < 4.78 is 1.67. The van der Waals surface area contributed by atoms with Crippen LogP contribution in [0.2, 0.25) is 0 Å². The van der Waals surface area contributed by atoms with Crippen LogP contribution in [0.25, 0.3) is 11.0 Å². The number of nitrogens with zero attached hydrogens (tertiary/aromatic N) is 2. The molecule has 0 radical (unpaired) electrons. The van der Waals surface area contributed by atoms with Crippen LogP contribution in [-0.2, 0) is 6.54 Å². The molecule has 3 rings (SSSR count). The summed E-state index contributed by atoms with van der Waals surface area (Å²) >= 11 is 0. The van der Waals surface area contributed by atoms with Crippen molar-refractivity contribution >= 4 is 22.6 Å². The van der Waals surface area contributed by atoms with Gasteiger partial charge in [0.25, 0.3) is 11.5 Å². The Balaban J connectivity index is 2.00. The molecule has 0 unspecified atom stereocenters. The molecule has 5 nitrogen and oxygen atoms in total. The normalized spacial score (nSPS) is 10.9. The summed E-state index contributed by atoms with van der Waals surface area (Å²) in [5.41, 5.74) is 5.19. The van der Waals surface area contributed by atoms with Gasteiger partial charge in [-0.05, 0) is 69.2 Å². The molecule has 0 atom stereocenters. The highest BCUT2D eigenvalue weighted by Crippen LogP contribution is 2.17. The average molecular weight is 335 g/mol. The zero-order chi connectivity index (χ0) is 18.1. The van der Waals surface area contributed by atoms with Crippen LogP contribution >= 0.6 is 0 Å². The second kappa shape index (κ2) is 6.51. The number of aromatic nitrogens is 2. The van der Waals surface area contributed by atoms with Gasteiger partial charge in [-0.25, -0.2) is 4.98 Å². The Morgan fingerprint density at radius 3 is 2.40 bits per heavy atom. The van der Waals surface area contributed by atoms with Gasteiger partial charge in [0.1, 0.15) is 5.69 Å². The lowest BCUT2D eigenvalue weighted by atomic mass is 10.1. The smallest absolute Gasteiger partial charge is 0.272 e. The summed E-state index contributed by atoms with van der Waals surface area (Å²) in [5.74, 6) is -0.194. The van der Waals surface area contributed by atoms with E-state index in [1.54, 1.807) is 29.7 Å². The first kappa shape index (κ1) is 16.9. The lowest BCUT2D eigenvalue weighted by molar-refractivity contribution is 0.102. The predicted molar refractivity (Wildman–Crippen MR) is 100 cm³/mol. The highest BCUT2D eigenvalue weighted by atomic mass is 16.1. The Morgan fingerprint density at radius 2 is 1.76 bits per heavy atom. The second-order valence-corrected chi connectivity index (χ2v) is 6.28. The van der Waals surface area contributed by atoms with Gasteiger partial charge in [0.2, 0.25) is 0 Å². The third kappa shape index (κ3) is 3.31. The van der Waals surface area contributed by atoms with E-state index in [9.17, 15) is 9.59 Å². The molecule has 0 aliphatic carbocycles. The molecule has 2 aromatic carbocycles. The van der Waals surface area contributed by atoms with Crippen molar-refractivity contribution in [3.05, 3.63) is 69.1 Å². The average Bonchev–Trinajstić information content (AvgIpc) is 2.54. The van der Waals surface area contributed by atoms with E-state index in [2.05, 4.69) is 16.4 Å². The van der Waals surface area contributed by atoms with Crippen LogP contribution in [-0.4, -0.2) is 15.5 Å². The number of aryl methyl sites for hydroxylation is 4. The van der Waals surface area contributed by atoms with Gasteiger partial charge >= 0.3 is 0 Å². The molecule has 0 aliphatic rings. The van der Waals surface area contributed by atoms with Crippen LogP contribution in [0.15, 0.2) is 41.2 Å². The zero-order valence-electron chi connectivity index (χ0n) is 14.9. The third-order valence-corrected chi connectivity index (χ3v) is 4.17. The molecule has 0 saturated heterocycles. The maximum Gasteiger partial charge on any atom is 0.272 e. The molecule has 0 saturated carbocycles. The number of amides is 1. The Kier molecular flexibility index (Phi) is 4.40. The maximum atomic E-state index is 12.6. The van der Waals surface area contributed by atoms with Crippen LogP contribution in [0.4, 0.5) is 5.69 Å². The number of hydrogen-bond acceptors (Lipinski definition) is 3. The molecule has 0 aliphatic heterocycles. The quantitative estimate of drug-likeness (QED) is 0.795. The van der Waals surface area contributed by atoms with Crippen LogP contribution in [0.3, 0.4) is 0 Å². The molecule has 3 aromatic rings. The first-order valence-electron chi connectivity index (χ1n) is 8.30. The van der Waals surface area contributed by atoms with Gasteiger partial charge in [-0.1, -0.05) is 6.07 Å². The number of fused-ring (bicyclic) bond motifs is 1. The molecule has 0 spiro atoms. The van der Waals surface area contributed by atoms with Crippen molar-refractivity contribution in [1.82, 2.24) is 9.55 Å². The van der Waals surface area contributed by atoms with Crippen LogP contribution in [0.1, 0.15) is 34.1 Å². The fourth-order valence-corrected chi connectivity index (χ4v) is 3.08. The largest absolute Gasteiger partial charge is 0.322 e. The molecule has 128 valence electrons. The fraction of sp³-hybridized carbons (Fsp3) is 0.250. The Morgan fingerprint density at radius 1 is 1.08 bits per heavy atom. The van der Waals surface area contributed by atoms with E-state index in [1.165, 1.54) is 0 Å². The SMILES string of the molecule is CCn1c(=O)c(C)nc2cc(C(=O)Nc3cc(C)cc(C)c3)ccc21. The number of nitrogens with one attached hydrogen (secondary N) is 1. The molecule has 1 N–H and O–H groups in total. The first-order chi connectivity index (χ1) is 11.9. The second-order valence-electron chi connectivity index (χ2n) is 6.28. The van der Waals surface area contributed by atoms with Crippen molar-refractivity contribution < 1.29 is 4.79 Å². The van der Waals surface area contributed by atoms with Crippen LogP contribution in [0.5, 0.6) is 0 Å². The van der Waals surface area contributed by atoms with Crippen molar-refractivity contribution in [3.8, 4) is 0 Å². The van der Waals surface area contributed by atoms with E-state index in [-0.39, 0.29) is 11.5 Å². The molecular formula is C20H21N3O2. The molecule has 1 amide bonds. The van der Waals surface area contributed by atoms with Crippen molar-refractivity contribution in [2.24, 2.45) is 0 Å². The van der Waals surface area contributed by atoms with Crippen LogP contribution < -0.4 is 10.9 Å². The molecule has 1 aromatic heterocycles. The summed E-state index contributed by atoms with van der Waals surface area (Å²) in [4.78, 5) is 29.1. The number of carbonyl (C=O) groups excluding carboxylic acids is 1. The summed E-state index contributed by atoms with van der Waals surface area (Å²) in [6.45, 7) is 8.16. The number of rotatable bonds is 3. The van der Waals surface area contributed by atoms with Gasteiger partial charge in [-0.2, -0.15) is 0 Å². The first-order valence-corrected chi connectivity index (χ1v) is 8.30. The number of anilines is 1. The highest BCUT2D eigenvalue weighted by Gasteiger charge is 2.11. The van der Waals surface area contributed by atoms with Crippen molar-refractivity contribution in [2.75, 3.05) is 5.32 Å². The van der Waals surface area contributed by atoms with E-state index in [0.29, 0.717) is 23.3 Å². The predicted octanol–water partition coefficient (Wildman–Crippen LogP) is 3.59. The zero-order valence-corrected chi connectivity index (χ0v) is 14.9. The Hall–Kier alpha value is -2.95. The van der Waals surface area contributed by atoms with Gasteiger partial charge in [-0.15, -0.1) is 0 Å². The standard InChI is InChI=1S/C20H21N3O2/c1-5-23-18-7-6-15(11-17(18)21-14(4)20(23)25)19(24)22-16-9-12(2)8-13(3)10-16/h6-11H,5H2,1-4H3,(H,22,24). The monoisotopic (exact) mass is 335 g/mol. The summed E-state index contributed by atoms with van der Waals surface area (Å²) in [5, 5.41) is 2.92. The van der Waals surface area contributed by atoms with Gasteiger partial charge in [0.05, 0.1) is 11.0 Å². The molecule has 5 heteroatoms. The summed E-state index contributed by atoms with van der Waals surface area (Å²) in [7, 11) is 0. The fourth-order valence-electron chi connectivity index (χ4n) is 3.08. The van der Waals surface area contributed by atoms with E-state index >= 15 is 0 Å². The number of hydrogen-bond donors (Lipinski definition) is 1. The lowest BCUT2D eigenvalue weighted by Gasteiger charge is -2.11. The summed E-state index contributed by atoms with van der Waals surface area (Å²) in [6.07, 6.45) is 0. The van der Waals surface area contributed by atoms with Crippen molar-refractivity contribution in [1.29, 1.82) is 0 Å². The lowest BCUT2D eigenvalue weighted by Crippen LogP contribution is -2.23. The van der Waals surface area contributed by atoms with Crippen molar-refractivity contribution in [2.45, 2.75) is 34.2 Å². The van der Waals surface area contributed by atoms with E-state index in [1.807, 2.05) is 32.9 Å². The van der Waals surface area contributed by atoms with Gasteiger partial charge in [-0.3, -0.25) is 9.59 Å². The third-order valence-electron chi connectivity index (χ3n) is 4.17. The topological polar surface area (TPSA) is 64.0 Å². The minimum atomic E-state index is -0.194. The number of carbonyl (C=O) groups is 1. The van der Waals surface area contributed by atoms with Crippen molar-refractivity contribution in [3.63, 3.8) is 0 Å². The van der Waals surface area contributed by atoms with E-state index < -0.39 is 0 Å². The minimum Gasteiger partial charge on any atom is -0.322 e. The summed E-state index contributed by atoms with van der Waals surface area (Å²) in [6, 6.07) is 11.2. The molecule has 0 fully saturated rings. The molecule has 1 heterocycles. The van der Waals surface area contributed by atoms with E-state index in [0.717, 1.165) is 22.3 Å². The Labute approximate surface area is 146 Å². The van der Waals surface area contributed by atoms with Gasteiger partial charge in [0.15, 0.2) is 0 Å². The number of benzene rings is 2. The van der Waals surface area contributed by atoms with Gasteiger partial charge in [0, 0.05) is 17.8 Å². The Bertz CT molecular complexity index is 1010. The minimum absolute atomic E-state index is 0.0950. The molecule has 0 bridgehead atoms. The molecule has 25 heavy (non-hydrogen) atoms.